The Kier molecular flexibility index (Phi) is 4.77. The number of benzene rings is 1. The van der Waals surface area contributed by atoms with Gasteiger partial charge in [0, 0.05) is 22.3 Å². The summed E-state index contributed by atoms with van der Waals surface area (Å²) in [7, 11) is 0. The van der Waals surface area contributed by atoms with Gasteiger partial charge in [-0.1, -0.05) is 36.7 Å². The van der Waals surface area contributed by atoms with Crippen molar-refractivity contribution in [2.24, 2.45) is 0 Å². The van der Waals surface area contributed by atoms with Crippen LogP contribution in [0.1, 0.15) is 23.7 Å². The van der Waals surface area contributed by atoms with Crippen LogP contribution in [0.15, 0.2) is 36.4 Å². The number of aliphatic hydroxyl groups excluding tert-OH is 1. The minimum atomic E-state index is -0.0159. The third-order valence-corrected chi connectivity index (χ3v) is 3.16. The van der Waals surface area contributed by atoms with Crippen LogP contribution in [0.3, 0.4) is 0 Å². The smallest absolute Gasteiger partial charge is 0.214 e. The van der Waals surface area contributed by atoms with Gasteiger partial charge in [0.2, 0.25) is 5.88 Å². The predicted molar refractivity (Wildman–Crippen MR) is 75.3 cm³/mol. The quantitative estimate of drug-likeness (QED) is 0.911. The van der Waals surface area contributed by atoms with Gasteiger partial charge in [-0.2, -0.15) is 0 Å². The van der Waals surface area contributed by atoms with E-state index in [1.165, 1.54) is 0 Å². The van der Waals surface area contributed by atoms with Gasteiger partial charge in [-0.15, -0.1) is 0 Å². The van der Waals surface area contributed by atoms with Crippen LogP contribution in [0.25, 0.3) is 0 Å². The van der Waals surface area contributed by atoms with Gasteiger partial charge >= 0.3 is 0 Å². The van der Waals surface area contributed by atoms with Crippen LogP contribution in [0.4, 0.5) is 0 Å². The highest BCUT2D eigenvalue weighted by Crippen LogP contribution is 2.19. The molecule has 4 heteroatoms. The number of hydrogen-bond acceptors (Lipinski definition) is 3. The summed E-state index contributed by atoms with van der Waals surface area (Å²) < 4.78 is 5.65. The molecule has 0 saturated carbocycles. The second-order valence-electron chi connectivity index (χ2n) is 4.20. The van der Waals surface area contributed by atoms with Gasteiger partial charge < -0.3 is 9.84 Å². The maximum atomic E-state index is 9.21. The molecule has 0 bridgehead atoms. The van der Waals surface area contributed by atoms with E-state index in [0.717, 1.165) is 23.2 Å². The number of ether oxygens (including phenoxy) is 1. The molecule has 0 radical (unpaired) electrons. The Morgan fingerprint density at radius 3 is 2.74 bits per heavy atom. The first-order valence-corrected chi connectivity index (χ1v) is 6.57. The standard InChI is InChI=1S/C15H16ClNO2/c1-2-13-7-11(9-18)8-15(17-13)19-10-12-5-3-4-6-14(12)16/h3-8,18H,2,9-10H2,1H3. The van der Waals surface area contributed by atoms with Crippen molar-refractivity contribution in [1.82, 2.24) is 4.98 Å². The lowest BCUT2D eigenvalue weighted by atomic mass is 10.2. The van der Waals surface area contributed by atoms with Crippen molar-refractivity contribution in [3.05, 3.63) is 58.2 Å². The van der Waals surface area contributed by atoms with Crippen molar-refractivity contribution in [3.63, 3.8) is 0 Å². The Balaban J connectivity index is 2.13. The van der Waals surface area contributed by atoms with Crippen LogP contribution >= 0.6 is 11.6 Å². The van der Waals surface area contributed by atoms with Crippen molar-refractivity contribution < 1.29 is 9.84 Å². The molecule has 2 rings (SSSR count). The average Bonchev–Trinajstić information content (AvgIpc) is 2.46. The third kappa shape index (κ3) is 3.69. The average molecular weight is 278 g/mol. The second kappa shape index (κ2) is 6.55. The lowest BCUT2D eigenvalue weighted by Crippen LogP contribution is -2.01. The molecule has 100 valence electrons. The van der Waals surface area contributed by atoms with Gasteiger partial charge in [-0.3, -0.25) is 0 Å². The highest BCUT2D eigenvalue weighted by Gasteiger charge is 2.04. The van der Waals surface area contributed by atoms with E-state index in [-0.39, 0.29) is 6.61 Å². The Labute approximate surface area is 117 Å². The topological polar surface area (TPSA) is 42.4 Å². The molecule has 0 amide bonds. The highest BCUT2D eigenvalue weighted by molar-refractivity contribution is 6.31. The minimum Gasteiger partial charge on any atom is -0.473 e. The van der Waals surface area contributed by atoms with Crippen molar-refractivity contribution in [2.45, 2.75) is 26.6 Å². The van der Waals surface area contributed by atoms with E-state index < -0.39 is 0 Å². The number of aryl methyl sites for hydroxylation is 1. The summed E-state index contributed by atoms with van der Waals surface area (Å²) in [5, 5.41) is 9.88. The fraction of sp³-hybridized carbons (Fsp3) is 0.267. The number of aliphatic hydroxyl groups is 1. The number of pyridine rings is 1. The Hall–Kier alpha value is -1.58. The maximum absolute atomic E-state index is 9.21. The van der Waals surface area contributed by atoms with Gasteiger partial charge in [-0.05, 0) is 24.1 Å². The van der Waals surface area contributed by atoms with E-state index >= 15 is 0 Å². The molecular weight excluding hydrogens is 262 g/mol. The molecule has 1 N–H and O–H groups in total. The number of rotatable bonds is 5. The molecule has 0 aliphatic rings. The van der Waals surface area contributed by atoms with Gasteiger partial charge in [0.15, 0.2) is 0 Å². The van der Waals surface area contributed by atoms with E-state index in [4.69, 9.17) is 16.3 Å². The molecule has 3 nitrogen and oxygen atoms in total. The van der Waals surface area contributed by atoms with E-state index in [2.05, 4.69) is 4.98 Å². The molecule has 0 spiro atoms. The van der Waals surface area contributed by atoms with E-state index in [1.807, 2.05) is 37.3 Å². The first kappa shape index (κ1) is 13.8. The Morgan fingerprint density at radius 1 is 1.26 bits per heavy atom. The SMILES string of the molecule is CCc1cc(CO)cc(OCc2ccccc2Cl)n1. The molecule has 2 aromatic rings. The van der Waals surface area contributed by atoms with Crippen molar-refractivity contribution in [1.29, 1.82) is 0 Å². The van der Waals surface area contributed by atoms with Gasteiger partial charge in [0.05, 0.1) is 6.61 Å². The second-order valence-corrected chi connectivity index (χ2v) is 4.60. The molecular formula is C15H16ClNO2. The lowest BCUT2D eigenvalue weighted by molar-refractivity contribution is 0.274. The molecule has 0 aliphatic heterocycles. The molecule has 1 heterocycles. The van der Waals surface area contributed by atoms with Crippen LogP contribution in [-0.4, -0.2) is 10.1 Å². The monoisotopic (exact) mass is 277 g/mol. The van der Waals surface area contributed by atoms with Crippen LogP contribution in [0.2, 0.25) is 5.02 Å². The number of nitrogens with zero attached hydrogens (tertiary/aromatic N) is 1. The first-order valence-electron chi connectivity index (χ1n) is 6.20. The zero-order chi connectivity index (χ0) is 13.7. The van der Waals surface area contributed by atoms with Crippen molar-refractivity contribution in [3.8, 4) is 5.88 Å². The molecule has 0 aliphatic carbocycles. The van der Waals surface area contributed by atoms with Crippen LogP contribution < -0.4 is 4.74 Å². The molecule has 19 heavy (non-hydrogen) atoms. The van der Waals surface area contributed by atoms with Gasteiger partial charge in [-0.25, -0.2) is 4.98 Å². The summed E-state index contributed by atoms with van der Waals surface area (Å²) in [6, 6.07) is 11.2. The van der Waals surface area contributed by atoms with Gasteiger partial charge in [0.25, 0.3) is 0 Å². The first-order chi connectivity index (χ1) is 9.22. The number of hydrogen-bond donors (Lipinski definition) is 1. The summed E-state index contributed by atoms with van der Waals surface area (Å²) in [5.74, 6) is 0.517. The summed E-state index contributed by atoms with van der Waals surface area (Å²) in [4.78, 5) is 4.37. The largest absolute Gasteiger partial charge is 0.473 e. The van der Waals surface area contributed by atoms with E-state index in [0.29, 0.717) is 17.5 Å². The Bertz CT molecular complexity index is 535. The minimum absolute atomic E-state index is 0.0159. The van der Waals surface area contributed by atoms with Crippen LogP contribution in [0, 0.1) is 0 Å². The number of halogens is 1. The molecule has 0 fully saturated rings. The molecule has 1 aromatic carbocycles. The van der Waals surface area contributed by atoms with E-state index in [1.54, 1.807) is 6.07 Å². The van der Waals surface area contributed by atoms with Gasteiger partial charge in [0.1, 0.15) is 6.61 Å². The molecule has 0 unspecified atom stereocenters. The normalized spacial score (nSPS) is 10.5. The zero-order valence-corrected chi connectivity index (χ0v) is 11.5. The summed E-state index contributed by atoms with van der Waals surface area (Å²) >= 11 is 6.07. The molecule has 1 aromatic heterocycles. The highest BCUT2D eigenvalue weighted by atomic mass is 35.5. The molecule has 0 saturated heterocycles. The lowest BCUT2D eigenvalue weighted by Gasteiger charge is -2.09. The fourth-order valence-corrected chi connectivity index (χ4v) is 1.92. The summed E-state index contributed by atoms with van der Waals surface area (Å²) in [5.41, 5.74) is 2.63. The molecule has 0 atom stereocenters. The maximum Gasteiger partial charge on any atom is 0.214 e. The fourth-order valence-electron chi connectivity index (χ4n) is 1.73. The Morgan fingerprint density at radius 2 is 2.05 bits per heavy atom. The van der Waals surface area contributed by atoms with E-state index in [9.17, 15) is 5.11 Å². The van der Waals surface area contributed by atoms with Crippen molar-refractivity contribution in [2.75, 3.05) is 0 Å². The van der Waals surface area contributed by atoms with Crippen LogP contribution in [-0.2, 0) is 19.6 Å². The van der Waals surface area contributed by atoms with Crippen LogP contribution in [0.5, 0.6) is 5.88 Å². The summed E-state index contributed by atoms with van der Waals surface area (Å²) in [6.07, 6.45) is 0.802. The third-order valence-electron chi connectivity index (χ3n) is 2.79. The zero-order valence-electron chi connectivity index (χ0n) is 10.8. The summed E-state index contributed by atoms with van der Waals surface area (Å²) in [6.45, 7) is 2.37. The van der Waals surface area contributed by atoms with Crippen molar-refractivity contribution >= 4 is 11.6 Å². The number of aromatic nitrogens is 1. The predicted octanol–water partition coefficient (Wildman–Crippen LogP) is 3.37.